The molecule has 12 amide bonds. The van der Waals surface area contributed by atoms with Crippen molar-refractivity contribution in [1.29, 1.82) is 0 Å². The van der Waals surface area contributed by atoms with Gasteiger partial charge < -0.3 is 157 Å². The van der Waals surface area contributed by atoms with Gasteiger partial charge in [-0.1, -0.05) is 0 Å². The van der Waals surface area contributed by atoms with Gasteiger partial charge in [0.05, 0.1) is 304 Å². The molecule has 0 saturated heterocycles. The minimum Gasteiger partial charge on any atom is -0.394 e. The first-order chi connectivity index (χ1) is 60.3. The lowest BCUT2D eigenvalue weighted by atomic mass is 10.0. The van der Waals surface area contributed by atoms with Crippen LogP contribution in [0.2, 0.25) is 0 Å². The predicted octanol–water partition coefficient (Wildman–Crippen LogP) is -6.81. The molecule has 2 heterocycles. The zero-order valence-corrected chi connectivity index (χ0v) is 72.2. The Balaban J connectivity index is 1.50. The normalized spacial score (nSPS) is 14.0. The number of hydrogen-bond acceptors (Lipinski definition) is 36. The van der Waals surface area contributed by atoms with E-state index >= 15 is 0 Å². The Labute approximate surface area is 723 Å². The number of ether oxygens (including phenoxy) is 22. The Bertz CT molecular complexity index is 2710. The highest BCUT2D eigenvalue weighted by molar-refractivity contribution is 6.19. The van der Waals surface area contributed by atoms with Crippen molar-refractivity contribution in [3.63, 3.8) is 0 Å². The highest BCUT2D eigenvalue weighted by Gasteiger charge is 2.50. The highest BCUT2D eigenvalue weighted by Crippen LogP contribution is 2.21. The second-order valence-corrected chi connectivity index (χ2v) is 26.3. The van der Waals surface area contributed by atoms with Gasteiger partial charge in [-0.25, -0.2) is 0 Å². The molecule has 2 aliphatic heterocycles. The SMILES string of the molecule is CC(NC(=O)CCOCCOCCOCCNC(=O)C(C(C(=O)NCCOCCOCCOCCC(=O)NC(C)C(=O)NC(C)C(=O)NCCOCCOCCOCCOCCOCCOCCOCCOCCO)N1C(=O)C=CC1=O)N1C(=O)C=CC1=O)C(=O)NC(C)C(=O)NCCOCCOCCOCCOCCOCCOCCOCCOCCO. The van der Waals surface area contributed by atoms with E-state index in [0.29, 0.717) is 208 Å². The fourth-order valence-corrected chi connectivity index (χ4v) is 10.1. The summed E-state index contributed by atoms with van der Waals surface area (Å²) < 4.78 is 119. The maximum absolute atomic E-state index is 13.9. The Kier molecular flexibility index (Phi) is 71.7. The Morgan fingerprint density at radius 2 is 0.395 bits per heavy atom. The van der Waals surface area contributed by atoms with Crippen molar-refractivity contribution in [2.45, 2.75) is 76.8 Å². The van der Waals surface area contributed by atoms with Gasteiger partial charge in [-0.2, -0.15) is 0 Å². The van der Waals surface area contributed by atoms with Crippen LogP contribution in [-0.2, 0) is 162 Å². The molecule has 2 aliphatic rings. The van der Waals surface area contributed by atoms with Crippen LogP contribution in [0.1, 0.15) is 40.5 Å². The number of carbonyl (C=O) groups is 12. The Hall–Kier alpha value is -7.44. The number of carbonyl (C=O) groups excluding carboxylic acids is 12. The van der Waals surface area contributed by atoms with Crippen LogP contribution in [0.4, 0.5) is 0 Å². The molecule has 46 nitrogen and oxygen atoms in total. The van der Waals surface area contributed by atoms with E-state index < -0.39 is 107 Å². The summed E-state index contributed by atoms with van der Waals surface area (Å²) in [6.45, 7) is 18.6. The largest absolute Gasteiger partial charge is 0.394 e. The molecule has 0 bridgehead atoms. The number of aliphatic hydroxyl groups is 2. The molecule has 0 radical (unpaired) electrons. The molecule has 714 valence electrons. The van der Waals surface area contributed by atoms with Gasteiger partial charge in [0.2, 0.25) is 47.3 Å². The van der Waals surface area contributed by atoms with Gasteiger partial charge in [0.1, 0.15) is 36.3 Å². The summed E-state index contributed by atoms with van der Waals surface area (Å²) in [5, 5.41) is 37.9. The lowest BCUT2D eigenvalue weighted by molar-refractivity contribution is -0.156. The van der Waals surface area contributed by atoms with Crippen LogP contribution in [0, 0.1) is 0 Å². The highest BCUT2D eigenvalue weighted by atomic mass is 16.6. The smallest absolute Gasteiger partial charge is 0.254 e. The minimum absolute atomic E-state index is 0.00266. The molecular formula is C78H136N10O36. The molecule has 0 aromatic rings. The summed E-state index contributed by atoms with van der Waals surface area (Å²) in [4.78, 5) is 157. The van der Waals surface area contributed by atoms with Crippen molar-refractivity contribution >= 4 is 70.9 Å². The van der Waals surface area contributed by atoms with Gasteiger partial charge in [0, 0.05) is 63.3 Å². The summed E-state index contributed by atoms with van der Waals surface area (Å²) in [5.41, 5.74) is 0. The zero-order valence-electron chi connectivity index (χ0n) is 72.2. The van der Waals surface area contributed by atoms with Crippen LogP contribution in [0.15, 0.2) is 24.3 Å². The first-order valence-electron chi connectivity index (χ1n) is 41.7. The van der Waals surface area contributed by atoms with E-state index in [2.05, 4.69) is 42.5 Å². The molecule has 0 spiro atoms. The van der Waals surface area contributed by atoms with E-state index in [0.717, 1.165) is 24.3 Å². The molecule has 2 rings (SSSR count). The summed E-state index contributed by atoms with van der Waals surface area (Å²) >= 11 is 0. The Morgan fingerprint density at radius 1 is 0.234 bits per heavy atom. The fourth-order valence-electron chi connectivity index (χ4n) is 10.1. The van der Waals surface area contributed by atoms with Crippen LogP contribution in [0.5, 0.6) is 0 Å². The monoisotopic (exact) mass is 1790 g/mol. The Morgan fingerprint density at radius 3 is 0.589 bits per heavy atom. The van der Waals surface area contributed by atoms with Gasteiger partial charge >= 0.3 is 0 Å². The maximum atomic E-state index is 13.9. The number of rotatable bonds is 89. The number of aliphatic hydroxyl groups excluding tert-OH is 2. The molecule has 6 unspecified atom stereocenters. The maximum Gasteiger partial charge on any atom is 0.254 e. The zero-order chi connectivity index (χ0) is 90.4. The molecule has 6 atom stereocenters. The average molecular weight is 1790 g/mol. The van der Waals surface area contributed by atoms with E-state index in [4.69, 9.17) is 114 Å². The first-order valence-corrected chi connectivity index (χ1v) is 41.7. The molecule has 0 fully saturated rings. The van der Waals surface area contributed by atoms with Crippen LogP contribution in [0.25, 0.3) is 0 Å². The molecule has 10 N–H and O–H groups in total. The van der Waals surface area contributed by atoms with Crippen molar-refractivity contribution in [1.82, 2.24) is 52.3 Å². The van der Waals surface area contributed by atoms with Gasteiger partial charge in [0.25, 0.3) is 23.6 Å². The second kappa shape index (κ2) is 79.0. The molecule has 0 aromatic heterocycles. The van der Waals surface area contributed by atoms with Crippen molar-refractivity contribution in [2.24, 2.45) is 0 Å². The van der Waals surface area contributed by atoms with E-state index in [1.807, 2.05) is 0 Å². The van der Waals surface area contributed by atoms with Crippen molar-refractivity contribution < 1.29 is 172 Å². The van der Waals surface area contributed by atoms with E-state index in [9.17, 15) is 57.5 Å². The topological polar surface area (TPSA) is 551 Å². The lowest BCUT2D eigenvalue weighted by Gasteiger charge is -2.35. The third-order valence-electron chi connectivity index (χ3n) is 16.4. The van der Waals surface area contributed by atoms with Gasteiger partial charge in [-0.15, -0.1) is 0 Å². The number of imide groups is 2. The minimum atomic E-state index is -2.02. The lowest BCUT2D eigenvalue weighted by Crippen LogP contribution is -2.66. The molecule has 0 saturated carbocycles. The first kappa shape index (κ1) is 113. The summed E-state index contributed by atoms with van der Waals surface area (Å²) in [6, 6.07) is -7.77. The van der Waals surface area contributed by atoms with Crippen LogP contribution < -0.4 is 42.5 Å². The number of nitrogens with one attached hydrogen (secondary N) is 8. The molecule has 46 heteroatoms. The van der Waals surface area contributed by atoms with Crippen molar-refractivity contribution in [3.05, 3.63) is 24.3 Å². The van der Waals surface area contributed by atoms with Crippen LogP contribution in [0.3, 0.4) is 0 Å². The van der Waals surface area contributed by atoms with Gasteiger partial charge in [0.15, 0.2) is 0 Å². The van der Waals surface area contributed by atoms with E-state index in [1.165, 1.54) is 27.7 Å². The second-order valence-electron chi connectivity index (χ2n) is 26.3. The number of hydrogen-bond donors (Lipinski definition) is 10. The third kappa shape index (κ3) is 60.3. The summed E-state index contributed by atoms with van der Waals surface area (Å²) in [5.74, 6) is -9.06. The number of amides is 12. The average Bonchev–Trinajstić information content (AvgIpc) is 1.57. The molecular weight excluding hydrogens is 1650 g/mol. The number of nitrogens with zero attached hydrogens (tertiary/aromatic N) is 2. The van der Waals surface area contributed by atoms with E-state index in [-0.39, 0.29) is 145 Å². The third-order valence-corrected chi connectivity index (χ3v) is 16.4. The van der Waals surface area contributed by atoms with Gasteiger partial charge in [-0.3, -0.25) is 67.3 Å². The van der Waals surface area contributed by atoms with Crippen LogP contribution >= 0.6 is 0 Å². The van der Waals surface area contributed by atoms with E-state index in [1.54, 1.807) is 0 Å². The van der Waals surface area contributed by atoms with Crippen molar-refractivity contribution in [2.75, 3.05) is 330 Å². The molecule has 124 heavy (non-hydrogen) atoms. The quantitative estimate of drug-likeness (QED) is 0.0200. The van der Waals surface area contributed by atoms with Crippen molar-refractivity contribution in [3.8, 4) is 0 Å². The molecule has 0 aromatic carbocycles. The van der Waals surface area contributed by atoms with Crippen LogP contribution in [-0.4, -0.2) is 457 Å². The summed E-state index contributed by atoms with van der Waals surface area (Å²) in [6.07, 6.45) is 3.33. The predicted molar refractivity (Wildman–Crippen MR) is 433 cm³/mol. The summed E-state index contributed by atoms with van der Waals surface area (Å²) in [7, 11) is 0. The fraction of sp³-hybridized carbons (Fsp3) is 0.795. The van der Waals surface area contributed by atoms with Gasteiger partial charge in [-0.05, 0) is 27.7 Å². The molecule has 0 aliphatic carbocycles. The standard InChI is InChI=1S/C78H136N10O36/c1-61(73(97)79-11-19-105-27-37-113-41-45-117-49-53-121-57-59-123-55-51-119-47-43-115-39-31-109-23-15-89)85-75(99)63(3)83-65(91)9-17-103-25-33-111-35-29-107-21-13-81-77(101)71(87-67(93)5-6-68(87)94)72(88-69(95)7-8-70(88)96)78(102)82-14-22-108-30-36-112-34-26-104-18-10-66(92)84-64(4)76(100)86-62(2)74(98)80-12-20-106-28-38-114-42-46-118-50-54-122-58-60-124-56-52-120-48-44-116-40-32-110-24-16-90/h5-8,61-64,71-72,89-90H,9-60H2,1-4H3,(H,79,97)(H,80,98)(H,81,101)(H,82,102)(H,83,91)(H,84,92)(H,85,99)(H,86,100).